The van der Waals surface area contributed by atoms with Crippen LogP contribution in [0.25, 0.3) is 6.08 Å². The lowest BCUT2D eigenvalue weighted by atomic mass is 10.1. The average molecular weight is 286 g/mol. The zero-order valence-electron chi connectivity index (χ0n) is 10.9. The van der Waals surface area contributed by atoms with Crippen LogP contribution in [0.2, 0.25) is 5.02 Å². The van der Waals surface area contributed by atoms with E-state index in [0.717, 1.165) is 0 Å². The van der Waals surface area contributed by atoms with Crippen LogP contribution in [-0.4, -0.2) is 23.7 Å². The number of aliphatic hydroxyl groups is 1. The number of carbonyl (C=O) groups excluding carboxylic acids is 1. The van der Waals surface area contributed by atoms with Crippen LogP contribution in [0.15, 0.2) is 24.3 Å². The quantitative estimate of drug-likeness (QED) is 0.817. The summed E-state index contributed by atoms with van der Waals surface area (Å²) in [6, 6.07) is 4.19. The Labute approximate surface area is 117 Å². The first-order valence-corrected chi connectivity index (χ1v) is 6.37. The van der Waals surface area contributed by atoms with Crippen LogP contribution >= 0.6 is 11.6 Å². The molecule has 5 heteroatoms. The second kappa shape index (κ2) is 7.26. The fourth-order valence-electron chi connectivity index (χ4n) is 1.29. The van der Waals surface area contributed by atoms with Gasteiger partial charge in [-0.2, -0.15) is 0 Å². The number of amides is 1. The van der Waals surface area contributed by atoms with Gasteiger partial charge in [-0.25, -0.2) is 4.39 Å². The molecule has 0 aliphatic rings. The molecule has 0 aliphatic carbocycles. The number of nitrogens with one attached hydrogen (secondary N) is 1. The molecule has 1 aromatic carbocycles. The van der Waals surface area contributed by atoms with Gasteiger partial charge in [-0.05, 0) is 29.7 Å². The van der Waals surface area contributed by atoms with Gasteiger partial charge in [0.05, 0.1) is 11.1 Å². The van der Waals surface area contributed by atoms with E-state index in [1.807, 2.05) is 13.8 Å². The van der Waals surface area contributed by atoms with E-state index in [1.54, 1.807) is 0 Å². The van der Waals surface area contributed by atoms with Crippen molar-refractivity contribution in [3.8, 4) is 0 Å². The van der Waals surface area contributed by atoms with Crippen molar-refractivity contribution in [3.05, 3.63) is 40.7 Å². The summed E-state index contributed by atoms with van der Waals surface area (Å²) >= 11 is 5.62. The average Bonchev–Trinajstić information content (AvgIpc) is 2.37. The lowest BCUT2D eigenvalue weighted by molar-refractivity contribution is -0.117. The molecule has 0 fully saturated rings. The third-order valence-corrected chi connectivity index (χ3v) is 2.92. The SMILES string of the molecule is CC(C)C(O)CNC(=O)/C=C/c1ccc(F)c(Cl)c1. The first kappa shape index (κ1) is 15.7. The summed E-state index contributed by atoms with van der Waals surface area (Å²) in [4.78, 5) is 11.5. The van der Waals surface area contributed by atoms with Crippen molar-refractivity contribution in [1.82, 2.24) is 5.32 Å². The van der Waals surface area contributed by atoms with Gasteiger partial charge in [-0.1, -0.05) is 31.5 Å². The highest BCUT2D eigenvalue weighted by Crippen LogP contribution is 2.16. The van der Waals surface area contributed by atoms with E-state index in [1.165, 1.54) is 30.4 Å². The van der Waals surface area contributed by atoms with Crippen molar-refractivity contribution in [3.63, 3.8) is 0 Å². The van der Waals surface area contributed by atoms with Crippen molar-refractivity contribution in [2.75, 3.05) is 6.54 Å². The van der Waals surface area contributed by atoms with Gasteiger partial charge < -0.3 is 10.4 Å². The second-order valence-electron chi connectivity index (χ2n) is 4.56. The number of hydrogen-bond donors (Lipinski definition) is 2. The largest absolute Gasteiger partial charge is 0.391 e. The van der Waals surface area contributed by atoms with E-state index in [9.17, 15) is 14.3 Å². The van der Waals surface area contributed by atoms with Crippen LogP contribution in [-0.2, 0) is 4.79 Å². The van der Waals surface area contributed by atoms with Crippen LogP contribution in [0.4, 0.5) is 4.39 Å². The number of carbonyl (C=O) groups is 1. The van der Waals surface area contributed by atoms with Gasteiger partial charge in [0.15, 0.2) is 0 Å². The lowest BCUT2D eigenvalue weighted by Gasteiger charge is -2.13. The molecule has 1 amide bonds. The normalized spacial score (nSPS) is 12.9. The minimum atomic E-state index is -0.572. The van der Waals surface area contributed by atoms with Gasteiger partial charge in [0.2, 0.25) is 5.91 Å². The Hall–Kier alpha value is -1.39. The number of rotatable bonds is 5. The zero-order valence-corrected chi connectivity index (χ0v) is 11.6. The molecule has 0 spiro atoms. The summed E-state index contributed by atoms with van der Waals surface area (Å²) in [7, 11) is 0. The topological polar surface area (TPSA) is 49.3 Å². The molecule has 1 unspecified atom stereocenters. The Bertz CT molecular complexity index is 475. The zero-order chi connectivity index (χ0) is 14.4. The molecule has 1 aromatic rings. The van der Waals surface area contributed by atoms with Crippen molar-refractivity contribution in [1.29, 1.82) is 0 Å². The second-order valence-corrected chi connectivity index (χ2v) is 4.97. The highest BCUT2D eigenvalue weighted by molar-refractivity contribution is 6.30. The molecule has 19 heavy (non-hydrogen) atoms. The van der Waals surface area contributed by atoms with Crippen LogP contribution in [0.3, 0.4) is 0 Å². The summed E-state index contributed by atoms with van der Waals surface area (Å²) in [5.74, 6) is -0.733. The van der Waals surface area contributed by atoms with Gasteiger partial charge in [0, 0.05) is 12.6 Å². The third-order valence-electron chi connectivity index (χ3n) is 2.63. The summed E-state index contributed by atoms with van der Waals surface area (Å²) in [5.41, 5.74) is 0.631. The summed E-state index contributed by atoms with van der Waals surface area (Å²) in [6.07, 6.45) is 2.27. The molecule has 1 atom stereocenters. The molecule has 0 radical (unpaired) electrons. The summed E-state index contributed by atoms with van der Waals surface area (Å²) in [5, 5.41) is 12.1. The fraction of sp³-hybridized carbons (Fsp3) is 0.357. The monoisotopic (exact) mass is 285 g/mol. The van der Waals surface area contributed by atoms with Gasteiger partial charge in [0.1, 0.15) is 5.82 Å². The Kier molecular flexibility index (Phi) is 5.99. The maximum Gasteiger partial charge on any atom is 0.244 e. The van der Waals surface area contributed by atoms with Crippen molar-refractivity contribution < 1.29 is 14.3 Å². The standard InChI is InChI=1S/C14H17ClFNO2/c1-9(2)13(18)8-17-14(19)6-4-10-3-5-12(16)11(15)7-10/h3-7,9,13,18H,8H2,1-2H3,(H,17,19)/b6-4+. The molecular formula is C14H17ClFNO2. The van der Waals surface area contributed by atoms with Crippen LogP contribution < -0.4 is 5.32 Å². The third kappa shape index (κ3) is 5.41. The van der Waals surface area contributed by atoms with Gasteiger partial charge in [-0.15, -0.1) is 0 Å². The van der Waals surface area contributed by atoms with E-state index in [4.69, 9.17) is 11.6 Å². The maximum absolute atomic E-state index is 12.9. The van der Waals surface area contributed by atoms with Crippen LogP contribution in [0, 0.1) is 11.7 Å². The van der Waals surface area contributed by atoms with Gasteiger partial charge in [-0.3, -0.25) is 4.79 Å². The Balaban J connectivity index is 2.52. The Morgan fingerprint density at radius 2 is 2.21 bits per heavy atom. The molecule has 0 saturated heterocycles. The number of hydrogen-bond acceptors (Lipinski definition) is 2. The smallest absolute Gasteiger partial charge is 0.244 e. The predicted octanol–water partition coefficient (Wildman–Crippen LogP) is 2.63. The Morgan fingerprint density at radius 1 is 1.53 bits per heavy atom. The predicted molar refractivity (Wildman–Crippen MR) is 74.3 cm³/mol. The fourth-order valence-corrected chi connectivity index (χ4v) is 1.48. The molecular weight excluding hydrogens is 269 g/mol. The molecule has 0 aliphatic heterocycles. The highest BCUT2D eigenvalue weighted by Gasteiger charge is 2.09. The maximum atomic E-state index is 12.9. The molecule has 0 aromatic heterocycles. The van der Waals surface area contributed by atoms with Crippen LogP contribution in [0.1, 0.15) is 19.4 Å². The highest BCUT2D eigenvalue weighted by atomic mass is 35.5. The van der Waals surface area contributed by atoms with Gasteiger partial charge in [0.25, 0.3) is 0 Å². The molecule has 1 rings (SSSR count). The van der Waals surface area contributed by atoms with E-state index >= 15 is 0 Å². The lowest BCUT2D eigenvalue weighted by Crippen LogP contribution is -2.33. The van der Waals surface area contributed by atoms with Crippen LogP contribution in [0.5, 0.6) is 0 Å². The number of benzene rings is 1. The molecule has 0 heterocycles. The van der Waals surface area contributed by atoms with E-state index in [0.29, 0.717) is 5.56 Å². The molecule has 2 N–H and O–H groups in total. The number of aliphatic hydroxyl groups excluding tert-OH is 1. The van der Waals surface area contributed by atoms with E-state index < -0.39 is 11.9 Å². The minimum Gasteiger partial charge on any atom is -0.391 e. The molecule has 0 saturated carbocycles. The van der Waals surface area contributed by atoms with Crippen molar-refractivity contribution in [2.24, 2.45) is 5.92 Å². The van der Waals surface area contributed by atoms with Crippen molar-refractivity contribution in [2.45, 2.75) is 20.0 Å². The molecule has 104 valence electrons. The van der Waals surface area contributed by atoms with E-state index in [2.05, 4.69) is 5.32 Å². The van der Waals surface area contributed by atoms with Gasteiger partial charge >= 0.3 is 0 Å². The summed E-state index contributed by atoms with van der Waals surface area (Å²) < 4.78 is 12.9. The number of halogens is 2. The minimum absolute atomic E-state index is 0.0118. The molecule has 0 bridgehead atoms. The first-order valence-electron chi connectivity index (χ1n) is 5.99. The molecule has 3 nitrogen and oxygen atoms in total. The van der Waals surface area contributed by atoms with E-state index in [-0.39, 0.29) is 23.4 Å². The summed E-state index contributed by atoms with van der Waals surface area (Å²) in [6.45, 7) is 3.94. The first-order chi connectivity index (χ1) is 8.90. The Morgan fingerprint density at radius 3 is 2.79 bits per heavy atom. The van der Waals surface area contributed by atoms with Crippen molar-refractivity contribution >= 4 is 23.6 Å².